The maximum atomic E-state index is 13.6. The zero-order chi connectivity index (χ0) is 38.7. The second-order valence-electron chi connectivity index (χ2n) is 16.1. The molecule has 1 N–H and O–H groups in total. The molecule has 2 bridgehead atoms. The van der Waals surface area contributed by atoms with Crippen LogP contribution in [-0.4, -0.2) is 66.2 Å². The first-order valence-electron chi connectivity index (χ1n) is 19.9. The Balaban J connectivity index is 1.16. The minimum absolute atomic E-state index is 0.0958. The van der Waals surface area contributed by atoms with Gasteiger partial charge in [-0.1, -0.05) is 42.8 Å². The van der Waals surface area contributed by atoms with Crippen molar-refractivity contribution in [2.24, 2.45) is 17.8 Å². The highest BCUT2D eigenvalue weighted by molar-refractivity contribution is 7.90. The Morgan fingerprint density at radius 3 is 2.65 bits per heavy atom. The van der Waals surface area contributed by atoms with E-state index < -0.39 is 21.2 Å². The summed E-state index contributed by atoms with van der Waals surface area (Å²) >= 11 is 6.48. The van der Waals surface area contributed by atoms with E-state index in [1.54, 1.807) is 27.2 Å². The third-order valence-electron chi connectivity index (χ3n) is 12.7. The van der Waals surface area contributed by atoms with Gasteiger partial charge in [-0.3, -0.25) is 4.79 Å². The lowest BCUT2D eigenvalue weighted by atomic mass is 9.68. The first-order chi connectivity index (χ1) is 26.5. The number of carbonyl (C=O) groups excluding carboxylic acids is 1. The second kappa shape index (κ2) is 16.8. The van der Waals surface area contributed by atoms with Crippen LogP contribution in [0.3, 0.4) is 0 Å². The number of hydrogen-bond acceptors (Lipinski definition) is 8. The lowest BCUT2D eigenvalue weighted by Crippen LogP contribution is -2.49. The minimum atomic E-state index is -3.95. The van der Waals surface area contributed by atoms with Crippen LogP contribution in [0.15, 0.2) is 66.7 Å². The van der Waals surface area contributed by atoms with Crippen LogP contribution in [0.2, 0.25) is 5.02 Å². The molecule has 55 heavy (non-hydrogen) atoms. The van der Waals surface area contributed by atoms with Crippen molar-refractivity contribution in [3.05, 3.63) is 94.0 Å². The van der Waals surface area contributed by atoms with Crippen molar-refractivity contribution >= 4 is 33.2 Å². The molecule has 7 rings (SSSR count). The molecule has 1 amide bonds. The number of ether oxygens (including phenoxy) is 4. The van der Waals surface area contributed by atoms with Crippen LogP contribution < -0.4 is 23.8 Å². The number of fused-ring (bicyclic) bond motifs is 4. The van der Waals surface area contributed by atoms with Crippen LogP contribution in [-0.2, 0) is 33.0 Å². The van der Waals surface area contributed by atoms with Crippen LogP contribution >= 0.6 is 11.6 Å². The number of amides is 1. The molecule has 1 spiro atoms. The average molecular weight is 791 g/mol. The van der Waals surface area contributed by atoms with Crippen LogP contribution in [0.1, 0.15) is 85.8 Å². The van der Waals surface area contributed by atoms with Gasteiger partial charge in [-0.05, 0) is 136 Å². The highest BCUT2D eigenvalue weighted by Crippen LogP contribution is 2.47. The Morgan fingerprint density at radius 2 is 1.87 bits per heavy atom. The zero-order valence-corrected chi connectivity index (χ0v) is 34.1. The van der Waals surface area contributed by atoms with Gasteiger partial charge >= 0.3 is 0 Å². The second-order valence-corrected chi connectivity index (χ2v) is 18.6. The molecular formula is C44H55ClN2O7S. The number of carbonyl (C=O) groups is 1. The molecule has 2 aliphatic heterocycles. The number of allylic oxidation sites excluding steroid dienone is 1. The van der Waals surface area contributed by atoms with Gasteiger partial charge in [-0.15, -0.1) is 0 Å². The van der Waals surface area contributed by atoms with Gasteiger partial charge in [-0.25, -0.2) is 13.1 Å². The third kappa shape index (κ3) is 8.52. The fourth-order valence-electron chi connectivity index (χ4n) is 9.02. The number of rotatable bonds is 8. The molecule has 0 unspecified atom stereocenters. The number of nitrogens with one attached hydrogen (secondary N) is 1. The molecule has 1 saturated carbocycles. The van der Waals surface area contributed by atoms with Crippen molar-refractivity contribution in [3.8, 4) is 17.2 Å². The Morgan fingerprint density at radius 1 is 1.02 bits per heavy atom. The fourth-order valence-corrected chi connectivity index (χ4v) is 10.5. The highest BCUT2D eigenvalue weighted by atomic mass is 35.5. The minimum Gasteiger partial charge on any atom is -0.497 e. The summed E-state index contributed by atoms with van der Waals surface area (Å²) < 4.78 is 53.8. The number of benzene rings is 3. The third-order valence-corrected chi connectivity index (χ3v) is 14.8. The van der Waals surface area contributed by atoms with Crippen molar-refractivity contribution in [3.63, 3.8) is 0 Å². The number of hydrogen-bond donors (Lipinski definition) is 1. The molecule has 0 aromatic heterocycles. The molecule has 6 atom stereocenters. The molecule has 9 nitrogen and oxygen atoms in total. The number of unbranched alkanes of at least 4 members (excludes halogenated alkanes) is 1. The summed E-state index contributed by atoms with van der Waals surface area (Å²) in [6.07, 6.45) is 12.5. The Kier molecular flexibility index (Phi) is 12.1. The molecule has 0 saturated heterocycles. The molecule has 11 heteroatoms. The van der Waals surface area contributed by atoms with Gasteiger partial charge in [0.25, 0.3) is 5.91 Å². The average Bonchev–Trinajstić information content (AvgIpc) is 3.31. The van der Waals surface area contributed by atoms with Crippen molar-refractivity contribution < 1.29 is 32.2 Å². The molecule has 296 valence electrons. The zero-order valence-electron chi connectivity index (χ0n) is 32.5. The number of nitrogens with zero attached hydrogens (tertiary/aromatic N) is 1. The van der Waals surface area contributed by atoms with Crippen molar-refractivity contribution in [2.45, 2.75) is 88.4 Å². The number of halogens is 1. The molecule has 3 aromatic carbocycles. The van der Waals surface area contributed by atoms with E-state index in [0.717, 1.165) is 85.7 Å². The van der Waals surface area contributed by atoms with Gasteiger partial charge in [0.05, 0.1) is 37.9 Å². The largest absolute Gasteiger partial charge is 0.497 e. The predicted octanol–water partition coefficient (Wildman–Crippen LogP) is 8.31. The van der Waals surface area contributed by atoms with E-state index in [-0.39, 0.29) is 17.4 Å². The van der Waals surface area contributed by atoms with Gasteiger partial charge in [0, 0.05) is 41.8 Å². The van der Waals surface area contributed by atoms with Crippen LogP contribution in [0.4, 0.5) is 5.69 Å². The van der Waals surface area contributed by atoms with E-state index in [1.807, 2.05) is 37.3 Å². The molecular weight excluding hydrogens is 736 g/mol. The Hall–Kier alpha value is -3.73. The standard InChI is InChI=1S/C44H55ClN2O7S/c1-29-9-7-12-40(53-22-6-5-10-31-13-17-36(51-3)25-42(31)52-4)37-18-14-34(37)26-47-27-44(21-8-11-32-23-35(45)16-19-38(32)44)28-54-41-20-15-33(24-39(41)47)43(48)46-55(49,50)30(29)2/h7,12-13,15-17,19-20,23-25,29-30,34,37,40H,5-6,8-11,14,18,21-22,26-28H2,1-4H3,(H,46,48)/b12-7+/t29-,30+,34-,37+,40-,44-/m0/s1. The SMILES string of the molecule is COc1ccc(CCCCO[C@H]2/C=C/C[C@H](C)[C@@H](C)S(=O)(=O)NC(=O)c3ccc4c(c3)N(C[C@@H]3CC[C@H]32)C[C@@]2(CCCc3cc(Cl)ccc32)CO4)c(OC)c1. The number of anilines is 1. The quantitative estimate of drug-likeness (QED) is 0.180. The first-order valence-corrected chi connectivity index (χ1v) is 21.8. The van der Waals surface area contributed by atoms with Crippen LogP contribution in [0.25, 0.3) is 0 Å². The number of aryl methyl sites for hydroxylation is 2. The summed E-state index contributed by atoms with van der Waals surface area (Å²) in [6.45, 7) is 6.20. The van der Waals surface area contributed by atoms with Crippen LogP contribution in [0, 0.1) is 17.8 Å². The number of methoxy groups -OCH3 is 2. The fraction of sp³-hybridized carbons (Fsp3) is 0.523. The maximum absolute atomic E-state index is 13.6. The van der Waals surface area contributed by atoms with E-state index >= 15 is 0 Å². The van der Waals surface area contributed by atoms with E-state index in [4.69, 9.17) is 30.5 Å². The normalized spacial score (nSPS) is 28.1. The smallest absolute Gasteiger partial charge is 0.264 e. The Labute approximate surface area is 331 Å². The van der Waals surface area contributed by atoms with E-state index in [0.29, 0.717) is 49.3 Å². The van der Waals surface area contributed by atoms with Crippen molar-refractivity contribution in [1.82, 2.24) is 4.72 Å². The van der Waals surface area contributed by atoms with Gasteiger partial charge < -0.3 is 23.8 Å². The predicted molar refractivity (Wildman–Crippen MR) is 217 cm³/mol. The van der Waals surface area contributed by atoms with Gasteiger partial charge in [0.15, 0.2) is 0 Å². The molecule has 0 radical (unpaired) electrons. The van der Waals surface area contributed by atoms with Gasteiger partial charge in [0.2, 0.25) is 10.0 Å². The summed E-state index contributed by atoms with van der Waals surface area (Å²) in [5.74, 6) is 2.13. The summed E-state index contributed by atoms with van der Waals surface area (Å²) in [5.41, 5.74) is 4.54. The summed E-state index contributed by atoms with van der Waals surface area (Å²) in [6, 6.07) is 17.5. The molecule has 2 heterocycles. The first kappa shape index (κ1) is 39.5. The van der Waals surface area contributed by atoms with Crippen molar-refractivity contribution in [2.75, 3.05) is 45.4 Å². The lowest BCUT2D eigenvalue weighted by molar-refractivity contribution is -0.0152. The van der Waals surface area contributed by atoms with E-state index in [1.165, 1.54) is 11.1 Å². The number of sulfonamides is 1. The topological polar surface area (TPSA) is 103 Å². The summed E-state index contributed by atoms with van der Waals surface area (Å²) in [7, 11) is -0.604. The molecule has 3 aromatic rings. The molecule has 2 aliphatic carbocycles. The highest BCUT2D eigenvalue weighted by Gasteiger charge is 2.44. The van der Waals surface area contributed by atoms with E-state index in [9.17, 15) is 13.2 Å². The molecule has 4 aliphatic rings. The monoisotopic (exact) mass is 790 g/mol. The Bertz CT molecular complexity index is 2000. The maximum Gasteiger partial charge on any atom is 0.264 e. The van der Waals surface area contributed by atoms with Gasteiger partial charge in [-0.2, -0.15) is 0 Å². The van der Waals surface area contributed by atoms with E-state index in [2.05, 4.69) is 40.0 Å². The molecule has 1 fully saturated rings. The van der Waals surface area contributed by atoms with Gasteiger partial charge in [0.1, 0.15) is 17.2 Å². The van der Waals surface area contributed by atoms with Crippen molar-refractivity contribution in [1.29, 1.82) is 0 Å². The lowest BCUT2D eigenvalue weighted by Gasteiger charge is -2.46. The van der Waals surface area contributed by atoms with Crippen LogP contribution in [0.5, 0.6) is 17.2 Å². The summed E-state index contributed by atoms with van der Waals surface area (Å²) in [4.78, 5) is 16.0. The summed E-state index contributed by atoms with van der Waals surface area (Å²) in [5, 5.41) is -0.0370.